The van der Waals surface area contributed by atoms with Crippen molar-refractivity contribution in [2.75, 3.05) is 19.1 Å². The van der Waals surface area contributed by atoms with Crippen LogP contribution in [-0.4, -0.2) is 32.1 Å². The molecule has 1 heterocycles. The van der Waals surface area contributed by atoms with Gasteiger partial charge >= 0.3 is 6.03 Å². The van der Waals surface area contributed by atoms with Gasteiger partial charge in [0.25, 0.3) is 11.8 Å². The quantitative estimate of drug-likeness (QED) is 0.280. The fourth-order valence-corrected chi connectivity index (χ4v) is 4.40. The second kappa shape index (κ2) is 11.0. The fourth-order valence-electron chi connectivity index (χ4n) is 3.52. The number of rotatable bonds is 7. The minimum Gasteiger partial charge on any atom is -0.493 e. The van der Waals surface area contributed by atoms with Gasteiger partial charge in [-0.15, -0.1) is 0 Å². The number of barbiturate groups is 1. The number of nitrogens with zero attached hydrogens (tertiary/aromatic N) is 1. The number of hydrogen-bond donors (Lipinski definition) is 1. The maximum atomic E-state index is 13.2. The molecular weight excluding hydrogens is 596 g/mol. The molecule has 10 heteroatoms. The molecule has 36 heavy (non-hydrogen) atoms. The molecule has 0 saturated carbocycles. The number of hydrogen-bond acceptors (Lipinski definition) is 6. The summed E-state index contributed by atoms with van der Waals surface area (Å²) in [5, 5.41) is 2.22. The van der Waals surface area contributed by atoms with Crippen LogP contribution < -0.4 is 24.4 Å². The van der Waals surface area contributed by atoms with Gasteiger partial charge in [-0.2, -0.15) is 0 Å². The molecule has 8 nitrogen and oxygen atoms in total. The van der Waals surface area contributed by atoms with E-state index >= 15 is 0 Å². The molecule has 1 saturated heterocycles. The molecular formula is C26H20Br2N2O6. The summed E-state index contributed by atoms with van der Waals surface area (Å²) in [6, 6.07) is 16.7. The monoisotopic (exact) mass is 614 g/mol. The Morgan fingerprint density at radius 3 is 2.25 bits per heavy atom. The minimum absolute atomic E-state index is 0.204. The highest BCUT2D eigenvalue weighted by Gasteiger charge is 2.36. The van der Waals surface area contributed by atoms with E-state index in [-0.39, 0.29) is 5.57 Å². The molecule has 0 unspecified atom stereocenters. The van der Waals surface area contributed by atoms with Gasteiger partial charge in [0, 0.05) is 4.47 Å². The van der Waals surface area contributed by atoms with E-state index in [1.807, 2.05) is 24.3 Å². The number of carbonyl (C=O) groups excluding carboxylic acids is 3. The van der Waals surface area contributed by atoms with Crippen molar-refractivity contribution in [2.45, 2.75) is 6.61 Å². The van der Waals surface area contributed by atoms with E-state index in [1.54, 1.807) is 36.4 Å². The molecule has 1 fully saturated rings. The maximum absolute atomic E-state index is 13.2. The third-order valence-electron chi connectivity index (χ3n) is 5.28. The first-order valence-corrected chi connectivity index (χ1v) is 12.2. The minimum atomic E-state index is -0.834. The lowest BCUT2D eigenvalue weighted by atomic mass is 10.1. The van der Waals surface area contributed by atoms with Crippen LogP contribution in [-0.2, 0) is 16.2 Å². The number of anilines is 1. The SMILES string of the molecule is COc1cc(/C=C2\C(=O)NC(=O)N(c3ccc(OCc4ccc(Br)cc4)cc3)C2=O)cc(Br)c1OC. The summed E-state index contributed by atoms with van der Waals surface area (Å²) in [4.78, 5) is 39.2. The van der Waals surface area contributed by atoms with Gasteiger partial charge in [0.05, 0.1) is 24.4 Å². The van der Waals surface area contributed by atoms with E-state index in [9.17, 15) is 14.4 Å². The van der Waals surface area contributed by atoms with Gasteiger partial charge < -0.3 is 14.2 Å². The topological polar surface area (TPSA) is 94.2 Å². The summed E-state index contributed by atoms with van der Waals surface area (Å²) in [6.45, 7) is 0.359. The molecule has 0 bridgehead atoms. The average molecular weight is 616 g/mol. The zero-order valence-electron chi connectivity index (χ0n) is 19.2. The molecule has 3 aromatic carbocycles. The molecule has 0 aliphatic carbocycles. The van der Waals surface area contributed by atoms with Crippen molar-refractivity contribution in [2.24, 2.45) is 0 Å². The first-order chi connectivity index (χ1) is 17.3. The van der Waals surface area contributed by atoms with Gasteiger partial charge in [0.15, 0.2) is 11.5 Å². The van der Waals surface area contributed by atoms with Crippen LogP contribution in [0.25, 0.3) is 6.08 Å². The van der Waals surface area contributed by atoms with Crippen LogP contribution in [0.15, 0.2) is 75.2 Å². The molecule has 4 amide bonds. The van der Waals surface area contributed by atoms with Crippen LogP contribution >= 0.6 is 31.9 Å². The maximum Gasteiger partial charge on any atom is 0.335 e. The van der Waals surface area contributed by atoms with Gasteiger partial charge in [-0.3, -0.25) is 14.9 Å². The summed E-state index contributed by atoms with van der Waals surface area (Å²) in [5.74, 6) is -0.0966. The third-order valence-corrected chi connectivity index (χ3v) is 6.40. The zero-order valence-corrected chi connectivity index (χ0v) is 22.4. The first kappa shape index (κ1) is 25.5. The molecule has 0 radical (unpaired) electrons. The number of amides is 4. The molecule has 3 aromatic rings. The van der Waals surface area contributed by atoms with Crippen molar-refractivity contribution in [1.82, 2.24) is 5.32 Å². The van der Waals surface area contributed by atoms with E-state index in [0.29, 0.717) is 39.6 Å². The van der Waals surface area contributed by atoms with Crippen molar-refractivity contribution in [3.05, 3.63) is 86.3 Å². The van der Waals surface area contributed by atoms with E-state index in [1.165, 1.54) is 20.3 Å². The molecule has 1 aliphatic rings. The number of nitrogens with one attached hydrogen (secondary N) is 1. The summed E-state index contributed by atoms with van der Waals surface area (Å²) in [5.41, 5.74) is 1.58. The van der Waals surface area contributed by atoms with Crippen LogP contribution in [0.5, 0.6) is 17.2 Å². The number of halogens is 2. The second-order valence-electron chi connectivity index (χ2n) is 7.61. The summed E-state index contributed by atoms with van der Waals surface area (Å²) in [7, 11) is 2.98. The number of carbonyl (C=O) groups is 3. The van der Waals surface area contributed by atoms with E-state index in [2.05, 4.69) is 37.2 Å². The third kappa shape index (κ3) is 5.44. The standard InChI is InChI=1S/C26H20Br2N2O6/c1-34-22-13-16(12-21(28)23(22)35-2)11-20-24(31)29-26(33)30(25(20)32)18-7-9-19(10-8-18)36-14-15-3-5-17(27)6-4-15/h3-13H,14H2,1-2H3,(H,29,31,33)/b20-11+. The predicted octanol–water partition coefficient (Wildman–Crippen LogP) is 5.47. The van der Waals surface area contributed by atoms with Crippen LogP contribution in [0.2, 0.25) is 0 Å². The Morgan fingerprint density at radius 2 is 1.61 bits per heavy atom. The van der Waals surface area contributed by atoms with Crippen molar-refractivity contribution in [3.63, 3.8) is 0 Å². The number of benzene rings is 3. The van der Waals surface area contributed by atoms with Gasteiger partial charge in [0.2, 0.25) is 0 Å². The Hall–Kier alpha value is -3.63. The molecule has 1 N–H and O–H groups in total. The predicted molar refractivity (Wildman–Crippen MR) is 141 cm³/mol. The molecule has 0 atom stereocenters. The highest BCUT2D eigenvalue weighted by Crippen LogP contribution is 2.37. The Balaban J connectivity index is 1.56. The Morgan fingerprint density at radius 1 is 0.917 bits per heavy atom. The lowest BCUT2D eigenvalue weighted by Gasteiger charge is -2.26. The van der Waals surface area contributed by atoms with Gasteiger partial charge in [0.1, 0.15) is 17.9 Å². The summed E-state index contributed by atoms with van der Waals surface area (Å²) >= 11 is 6.79. The lowest BCUT2D eigenvalue weighted by Crippen LogP contribution is -2.54. The molecule has 1 aliphatic heterocycles. The lowest BCUT2D eigenvalue weighted by molar-refractivity contribution is -0.122. The number of urea groups is 1. The number of methoxy groups -OCH3 is 2. The van der Waals surface area contributed by atoms with Crippen molar-refractivity contribution < 1.29 is 28.6 Å². The Kier molecular flexibility index (Phi) is 7.76. The highest BCUT2D eigenvalue weighted by atomic mass is 79.9. The van der Waals surface area contributed by atoms with Gasteiger partial charge in [-0.05, 0) is 81.7 Å². The Bertz CT molecular complexity index is 1350. The molecule has 0 aromatic heterocycles. The van der Waals surface area contributed by atoms with E-state index in [4.69, 9.17) is 14.2 Å². The smallest absolute Gasteiger partial charge is 0.335 e. The van der Waals surface area contributed by atoms with Crippen LogP contribution in [0.3, 0.4) is 0 Å². The zero-order chi connectivity index (χ0) is 25.8. The normalized spacial score (nSPS) is 14.6. The first-order valence-electron chi connectivity index (χ1n) is 10.6. The largest absolute Gasteiger partial charge is 0.493 e. The number of imide groups is 2. The van der Waals surface area contributed by atoms with E-state index in [0.717, 1.165) is 14.9 Å². The van der Waals surface area contributed by atoms with Crippen LogP contribution in [0, 0.1) is 0 Å². The summed E-state index contributed by atoms with van der Waals surface area (Å²) in [6.07, 6.45) is 1.39. The fraction of sp³-hybridized carbons (Fsp3) is 0.115. The van der Waals surface area contributed by atoms with Gasteiger partial charge in [-0.1, -0.05) is 28.1 Å². The molecule has 184 valence electrons. The van der Waals surface area contributed by atoms with Crippen molar-refractivity contribution >= 4 is 61.5 Å². The second-order valence-corrected chi connectivity index (χ2v) is 9.38. The van der Waals surface area contributed by atoms with Crippen LogP contribution in [0.4, 0.5) is 10.5 Å². The van der Waals surface area contributed by atoms with Crippen molar-refractivity contribution in [1.29, 1.82) is 0 Å². The number of ether oxygens (including phenoxy) is 3. The highest BCUT2D eigenvalue weighted by molar-refractivity contribution is 9.10. The van der Waals surface area contributed by atoms with E-state index < -0.39 is 17.8 Å². The average Bonchev–Trinajstić information content (AvgIpc) is 2.86. The molecule has 4 rings (SSSR count). The Labute approximate surface area is 224 Å². The van der Waals surface area contributed by atoms with Gasteiger partial charge in [-0.25, -0.2) is 9.69 Å². The van der Waals surface area contributed by atoms with Crippen LogP contribution in [0.1, 0.15) is 11.1 Å². The van der Waals surface area contributed by atoms with Crippen molar-refractivity contribution in [3.8, 4) is 17.2 Å². The summed E-state index contributed by atoms with van der Waals surface area (Å²) < 4.78 is 18.0. The molecule has 0 spiro atoms.